The molecule has 5 rings (SSSR count). The van der Waals surface area contributed by atoms with E-state index in [0.29, 0.717) is 33.2 Å². The topological polar surface area (TPSA) is 66.8 Å². The number of hydrogen-bond donors (Lipinski definition) is 0. The average Bonchev–Trinajstić information content (AvgIpc) is 3.33. The number of nitrogens with zero attached hydrogens (tertiary/aromatic N) is 1. The molecule has 1 aliphatic rings. The lowest BCUT2D eigenvalue weighted by molar-refractivity contribution is 0.0920. The summed E-state index contributed by atoms with van der Waals surface area (Å²) < 4.78 is 19.0. The van der Waals surface area contributed by atoms with Crippen LogP contribution < -0.4 is 14.2 Å². The highest BCUT2D eigenvalue weighted by Crippen LogP contribution is 2.38. The standard InChI is InChI=1S/C28H22ClNO5/c1-16-10-21(34-15-24(31)17-4-6-19(29)7-5-17)13-25-27(16)28(32)26(35-25)11-18-14-30(2)23-9-8-20(33-3)12-22(18)23/h4-14H,15H2,1-3H3/b26-11-. The highest BCUT2D eigenvalue weighted by molar-refractivity contribution is 6.30. The van der Waals surface area contributed by atoms with Gasteiger partial charge < -0.3 is 18.8 Å². The molecule has 0 unspecified atom stereocenters. The lowest BCUT2D eigenvalue weighted by Crippen LogP contribution is -2.11. The third kappa shape index (κ3) is 4.29. The summed E-state index contributed by atoms with van der Waals surface area (Å²) in [4.78, 5) is 25.6. The quantitative estimate of drug-likeness (QED) is 0.245. The third-order valence-electron chi connectivity index (χ3n) is 5.99. The molecule has 2 heterocycles. The van der Waals surface area contributed by atoms with Crippen LogP contribution >= 0.6 is 11.6 Å². The van der Waals surface area contributed by atoms with Gasteiger partial charge in [0.1, 0.15) is 17.2 Å². The van der Waals surface area contributed by atoms with Crippen LogP contribution in [0, 0.1) is 6.92 Å². The van der Waals surface area contributed by atoms with Crippen LogP contribution in [0.4, 0.5) is 0 Å². The van der Waals surface area contributed by atoms with Gasteiger partial charge in [0.05, 0.1) is 12.7 Å². The fourth-order valence-corrected chi connectivity index (χ4v) is 4.34. The van der Waals surface area contributed by atoms with E-state index in [2.05, 4.69) is 0 Å². The van der Waals surface area contributed by atoms with Gasteiger partial charge in [0, 0.05) is 46.4 Å². The Morgan fingerprint density at radius 1 is 1.09 bits per heavy atom. The molecule has 176 valence electrons. The summed E-state index contributed by atoms with van der Waals surface area (Å²) >= 11 is 5.88. The fraction of sp³-hybridized carbons (Fsp3) is 0.143. The van der Waals surface area contributed by atoms with E-state index in [1.165, 1.54) is 0 Å². The number of ether oxygens (including phenoxy) is 3. The second-order valence-electron chi connectivity index (χ2n) is 8.35. The van der Waals surface area contributed by atoms with Crippen molar-refractivity contribution >= 4 is 40.1 Å². The predicted octanol–water partition coefficient (Wildman–Crippen LogP) is 6.03. The smallest absolute Gasteiger partial charge is 0.232 e. The predicted molar refractivity (Wildman–Crippen MR) is 135 cm³/mol. The first-order valence-corrected chi connectivity index (χ1v) is 11.4. The second-order valence-corrected chi connectivity index (χ2v) is 8.79. The number of benzene rings is 3. The molecule has 0 fully saturated rings. The van der Waals surface area contributed by atoms with Crippen molar-refractivity contribution < 1.29 is 23.8 Å². The molecule has 3 aromatic carbocycles. The fourth-order valence-electron chi connectivity index (χ4n) is 4.21. The van der Waals surface area contributed by atoms with Gasteiger partial charge in [-0.2, -0.15) is 0 Å². The van der Waals surface area contributed by atoms with Gasteiger partial charge in [0.2, 0.25) is 5.78 Å². The molecule has 0 amide bonds. The Bertz CT molecular complexity index is 1510. The Morgan fingerprint density at radius 3 is 2.60 bits per heavy atom. The average molecular weight is 488 g/mol. The van der Waals surface area contributed by atoms with Gasteiger partial charge in [0.25, 0.3) is 0 Å². The van der Waals surface area contributed by atoms with Crippen LogP contribution in [0.2, 0.25) is 5.02 Å². The first-order valence-electron chi connectivity index (χ1n) is 11.0. The minimum atomic E-state index is -0.193. The first kappa shape index (κ1) is 22.7. The van der Waals surface area contributed by atoms with E-state index in [1.807, 2.05) is 42.9 Å². The number of aryl methyl sites for hydroxylation is 2. The highest BCUT2D eigenvalue weighted by atomic mass is 35.5. The van der Waals surface area contributed by atoms with E-state index in [9.17, 15) is 9.59 Å². The molecule has 1 aliphatic heterocycles. The number of rotatable bonds is 6. The summed E-state index contributed by atoms with van der Waals surface area (Å²) in [5.41, 5.74) is 3.57. The molecule has 6 nitrogen and oxygen atoms in total. The number of fused-ring (bicyclic) bond motifs is 2. The van der Waals surface area contributed by atoms with Gasteiger partial charge in [-0.15, -0.1) is 0 Å². The lowest BCUT2D eigenvalue weighted by Gasteiger charge is -2.09. The highest BCUT2D eigenvalue weighted by Gasteiger charge is 2.30. The molecule has 0 bridgehead atoms. The Hall–Kier alpha value is -4.03. The zero-order chi connectivity index (χ0) is 24.7. The van der Waals surface area contributed by atoms with Gasteiger partial charge in [-0.25, -0.2) is 0 Å². The summed E-state index contributed by atoms with van der Waals surface area (Å²) in [6.45, 7) is 1.67. The summed E-state index contributed by atoms with van der Waals surface area (Å²) in [6.07, 6.45) is 3.69. The third-order valence-corrected chi connectivity index (χ3v) is 6.25. The zero-order valence-corrected chi connectivity index (χ0v) is 20.2. The van der Waals surface area contributed by atoms with Gasteiger partial charge in [-0.05, 0) is 67.1 Å². The molecule has 0 saturated carbocycles. The number of carbonyl (C=O) groups excluding carboxylic acids is 2. The minimum absolute atomic E-state index is 0.145. The van der Waals surface area contributed by atoms with Crippen molar-refractivity contribution in [1.29, 1.82) is 0 Å². The van der Waals surface area contributed by atoms with Crippen LogP contribution in [0.1, 0.15) is 31.8 Å². The van der Waals surface area contributed by atoms with Crippen molar-refractivity contribution in [3.8, 4) is 17.2 Å². The Balaban J connectivity index is 1.40. The molecular formula is C28H22ClNO5. The molecule has 0 aliphatic carbocycles. The van der Waals surface area contributed by atoms with Gasteiger partial charge >= 0.3 is 0 Å². The van der Waals surface area contributed by atoms with E-state index >= 15 is 0 Å². The molecule has 1 aromatic heterocycles. The van der Waals surface area contributed by atoms with E-state index in [4.69, 9.17) is 25.8 Å². The first-order chi connectivity index (χ1) is 16.8. The number of methoxy groups -OCH3 is 1. The Morgan fingerprint density at radius 2 is 1.86 bits per heavy atom. The van der Waals surface area contributed by atoms with Crippen molar-refractivity contribution in [1.82, 2.24) is 4.57 Å². The van der Waals surface area contributed by atoms with Crippen LogP contribution in [-0.2, 0) is 7.05 Å². The van der Waals surface area contributed by atoms with Gasteiger partial charge in [0.15, 0.2) is 18.1 Å². The van der Waals surface area contributed by atoms with Crippen molar-refractivity contribution in [2.75, 3.05) is 13.7 Å². The summed E-state index contributed by atoms with van der Waals surface area (Å²) in [5, 5.41) is 1.51. The van der Waals surface area contributed by atoms with Crippen LogP contribution in [0.25, 0.3) is 17.0 Å². The largest absolute Gasteiger partial charge is 0.497 e. The van der Waals surface area contributed by atoms with Crippen molar-refractivity contribution in [2.45, 2.75) is 6.92 Å². The normalized spacial score (nSPS) is 13.7. The zero-order valence-electron chi connectivity index (χ0n) is 19.4. The van der Waals surface area contributed by atoms with E-state index in [-0.39, 0.29) is 23.9 Å². The maximum atomic E-state index is 13.1. The maximum Gasteiger partial charge on any atom is 0.232 e. The molecule has 4 aromatic rings. The maximum absolute atomic E-state index is 13.1. The SMILES string of the molecule is COc1ccc2c(c1)c(/C=C1\Oc3cc(OCC(=O)c4ccc(Cl)cc4)cc(C)c3C1=O)cn2C. The number of aromatic nitrogens is 1. The van der Waals surface area contributed by atoms with E-state index < -0.39 is 0 Å². The van der Waals surface area contributed by atoms with Crippen molar-refractivity contribution in [3.05, 3.63) is 93.8 Å². The number of ketones is 2. The molecule has 0 atom stereocenters. The number of halogens is 1. The molecule has 0 radical (unpaired) electrons. The van der Waals surface area contributed by atoms with Crippen LogP contribution in [0.5, 0.6) is 17.2 Å². The molecule has 0 N–H and O–H groups in total. The van der Waals surface area contributed by atoms with Gasteiger partial charge in [-0.1, -0.05) is 11.6 Å². The van der Waals surface area contributed by atoms with Crippen LogP contribution in [-0.4, -0.2) is 29.9 Å². The van der Waals surface area contributed by atoms with Crippen LogP contribution in [0.15, 0.2) is 66.6 Å². The summed E-state index contributed by atoms with van der Waals surface area (Å²) in [5.74, 6) is 1.45. The lowest BCUT2D eigenvalue weighted by atomic mass is 10.0. The van der Waals surface area contributed by atoms with Crippen molar-refractivity contribution in [3.63, 3.8) is 0 Å². The van der Waals surface area contributed by atoms with Crippen molar-refractivity contribution in [2.24, 2.45) is 7.05 Å². The molecule has 35 heavy (non-hydrogen) atoms. The summed E-state index contributed by atoms with van der Waals surface area (Å²) in [6, 6.07) is 15.8. The number of Topliss-reactive ketones (excluding diaryl/α,β-unsaturated/α-hetero) is 2. The van der Waals surface area contributed by atoms with Gasteiger partial charge in [-0.3, -0.25) is 9.59 Å². The van der Waals surface area contributed by atoms with E-state index in [0.717, 1.165) is 22.2 Å². The molecule has 0 spiro atoms. The Kier molecular flexibility index (Phi) is 5.83. The number of carbonyl (C=O) groups is 2. The second kappa shape index (κ2) is 8.96. The van der Waals surface area contributed by atoms with E-state index in [1.54, 1.807) is 49.6 Å². The number of allylic oxidation sites excluding steroid dienone is 1. The minimum Gasteiger partial charge on any atom is -0.497 e. The monoisotopic (exact) mass is 487 g/mol. The number of hydrogen-bond acceptors (Lipinski definition) is 5. The molecule has 0 saturated heterocycles. The molecule has 7 heteroatoms. The summed E-state index contributed by atoms with van der Waals surface area (Å²) in [7, 11) is 3.57. The Labute approximate surface area is 207 Å². The molecular weight excluding hydrogens is 466 g/mol. The van der Waals surface area contributed by atoms with Crippen LogP contribution in [0.3, 0.4) is 0 Å².